The summed E-state index contributed by atoms with van der Waals surface area (Å²) in [5.41, 5.74) is 11.4. The number of nitrogen functional groups attached to an aromatic ring is 2. The van der Waals surface area contributed by atoms with Crippen LogP contribution < -0.4 is 21.1 Å². The maximum atomic E-state index is 14.0. The largest absolute Gasteiger partial charge is 0.489 e. The molecule has 0 spiro atoms. The van der Waals surface area contributed by atoms with Gasteiger partial charge in [-0.3, -0.25) is 0 Å². The molecule has 0 bridgehead atoms. The van der Waals surface area contributed by atoms with Crippen molar-refractivity contribution in [1.29, 1.82) is 0 Å². The molecule has 1 aliphatic heterocycles. The van der Waals surface area contributed by atoms with Gasteiger partial charge in [0.2, 0.25) is 0 Å². The number of benzene rings is 1. The van der Waals surface area contributed by atoms with Gasteiger partial charge >= 0.3 is 6.18 Å². The van der Waals surface area contributed by atoms with Crippen LogP contribution in [0.4, 0.5) is 30.6 Å². The SMILES string of the molecule is Cc1cc(N)nc(-c2cc3ncnc4c3c(c2Cl)OCCN4Cc2cc(Cl)cnc2N)c1C(F)(F)F. The molecule has 0 unspecified atom stereocenters. The maximum Gasteiger partial charge on any atom is 0.418 e. The van der Waals surface area contributed by atoms with E-state index in [0.29, 0.717) is 46.2 Å². The number of pyridine rings is 2. The average molecular weight is 536 g/mol. The predicted molar refractivity (Wildman–Crippen MR) is 132 cm³/mol. The number of aryl methyl sites for hydroxylation is 1. The van der Waals surface area contributed by atoms with Crippen molar-refractivity contribution in [2.45, 2.75) is 19.6 Å². The van der Waals surface area contributed by atoms with E-state index < -0.39 is 17.4 Å². The third-order valence-corrected chi connectivity index (χ3v) is 6.39. The molecular formula is C23H18Cl2F3N7O. The molecule has 0 saturated carbocycles. The summed E-state index contributed by atoms with van der Waals surface area (Å²) in [5.74, 6) is 0.884. The first kappa shape index (κ1) is 24.1. The van der Waals surface area contributed by atoms with Gasteiger partial charge in [-0.1, -0.05) is 23.2 Å². The number of halogens is 5. The minimum Gasteiger partial charge on any atom is -0.489 e. The lowest BCUT2D eigenvalue weighted by Gasteiger charge is -2.23. The molecule has 186 valence electrons. The molecule has 5 rings (SSSR count). The van der Waals surface area contributed by atoms with Gasteiger partial charge in [-0.2, -0.15) is 13.2 Å². The highest BCUT2D eigenvalue weighted by molar-refractivity contribution is 6.36. The molecule has 0 aliphatic carbocycles. The van der Waals surface area contributed by atoms with Gasteiger partial charge in [0, 0.05) is 23.9 Å². The second-order valence-electron chi connectivity index (χ2n) is 8.21. The molecule has 4 N–H and O–H groups in total. The summed E-state index contributed by atoms with van der Waals surface area (Å²) >= 11 is 12.8. The van der Waals surface area contributed by atoms with Gasteiger partial charge in [-0.25, -0.2) is 19.9 Å². The number of rotatable bonds is 3. The fourth-order valence-corrected chi connectivity index (χ4v) is 4.76. The van der Waals surface area contributed by atoms with E-state index in [4.69, 9.17) is 39.4 Å². The minimum absolute atomic E-state index is 0.00303. The van der Waals surface area contributed by atoms with Crippen molar-refractivity contribution in [2.24, 2.45) is 0 Å². The zero-order chi connectivity index (χ0) is 25.8. The van der Waals surface area contributed by atoms with Crippen LogP contribution in [0.15, 0.2) is 30.7 Å². The van der Waals surface area contributed by atoms with Gasteiger partial charge < -0.3 is 21.1 Å². The standard InChI is InChI=1S/C23H18Cl2F3N7O/c1-10-4-15(29)34-19(17(10)23(26,27)28)13-6-14-16-20(18(13)25)36-3-2-35(22(16)33-9-32-14)8-11-5-12(24)7-31-21(11)30/h4-7,9H,2-3,8H2,1H3,(H2,29,34)(H2,30,31). The third-order valence-electron chi connectivity index (χ3n) is 5.81. The summed E-state index contributed by atoms with van der Waals surface area (Å²) in [7, 11) is 0. The van der Waals surface area contributed by atoms with Crippen LogP contribution in [0.3, 0.4) is 0 Å². The normalized spacial score (nSPS) is 13.6. The molecule has 1 aliphatic rings. The van der Waals surface area contributed by atoms with E-state index in [1.165, 1.54) is 31.6 Å². The van der Waals surface area contributed by atoms with Gasteiger partial charge in [-0.15, -0.1) is 0 Å². The molecule has 1 aromatic carbocycles. The average Bonchev–Trinajstić information content (AvgIpc) is 2.98. The van der Waals surface area contributed by atoms with Crippen molar-refractivity contribution >= 4 is 51.6 Å². The number of ether oxygens (including phenoxy) is 1. The Morgan fingerprint density at radius 1 is 1.11 bits per heavy atom. The van der Waals surface area contributed by atoms with Gasteiger partial charge in [-0.05, 0) is 30.7 Å². The van der Waals surface area contributed by atoms with E-state index in [-0.39, 0.29) is 34.3 Å². The van der Waals surface area contributed by atoms with E-state index in [0.717, 1.165) is 0 Å². The Labute approximate surface area is 213 Å². The molecule has 0 atom stereocenters. The summed E-state index contributed by atoms with van der Waals surface area (Å²) in [6.45, 7) is 2.17. The van der Waals surface area contributed by atoms with Crippen LogP contribution in [0.2, 0.25) is 10.0 Å². The molecule has 13 heteroatoms. The fourth-order valence-electron chi connectivity index (χ4n) is 4.29. The van der Waals surface area contributed by atoms with Crippen molar-refractivity contribution in [2.75, 3.05) is 29.5 Å². The van der Waals surface area contributed by atoms with Crippen molar-refractivity contribution in [3.05, 3.63) is 57.5 Å². The first-order valence-corrected chi connectivity index (χ1v) is 11.4. The Morgan fingerprint density at radius 3 is 2.64 bits per heavy atom. The Balaban J connectivity index is 1.71. The first-order chi connectivity index (χ1) is 17.0. The van der Waals surface area contributed by atoms with Crippen LogP contribution in [0.1, 0.15) is 16.7 Å². The highest BCUT2D eigenvalue weighted by Gasteiger charge is 2.38. The van der Waals surface area contributed by atoms with Gasteiger partial charge in [0.25, 0.3) is 0 Å². The molecule has 0 saturated heterocycles. The van der Waals surface area contributed by atoms with Gasteiger partial charge in [0.05, 0.1) is 38.8 Å². The molecule has 3 aromatic heterocycles. The quantitative estimate of drug-likeness (QED) is 0.363. The highest BCUT2D eigenvalue weighted by atomic mass is 35.5. The van der Waals surface area contributed by atoms with Crippen molar-refractivity contribution in [3.63, 3.8) is 0 Å². The fraction of sp³-hybridized carbons (Fsp3) is 0.217. The Morgan fingerprint density at radius 2 is 1.89 bits per heavy atom. The zero-order valence-corrected chi connectivity index (χ0v) is 20.2. The van der Waals surface area contributed by atoms with Crippen LogP contribution in [-0.4, -0.2) is 33.1 Å². The van der Waals surface area contributed by atoms with Gasteiger partial charge in [0.1, 0.15) is 30.4 Å². The summed E-state index contributed by atoms with van der Waals surface area (Å²) < 4.78 is 48.0. The molecule has 0 radical (unpaired) electrons. The van der Waals surface area contributed by atoms with Crippen LogP contribution in [0.25, 0.3) is 22.2 Å². The molecule has 36 heavy (non-hydrogen) atoms. The summed E-state index contributed by atoms with van der Waals surface area (Å²) in [6, 6.07) is 4.31. The van der Waals surface area contributed by atoms with Crippen molar-refractivity contribution in [1.82, 2.24) is 19.9 Å². The van der Waals surface area contributed by atoms with Crippen molar-refractivity contribution < 1.29 is 17.9 Å². The lowest BCUT2D eigenvalue weighted by Crippen LogP contribution is -2.27. The van der Waals surface area contributed by atoms with E-state index in [9.17, 15) is 13.2 Å². The smallest absolute Gasteiger partial charge is 0.418 e. The monoisotopic (exact) mass is 535 g/mol. The predicted octanol–water partition coefficient (Wildman–Crippen LogP) is 5.28. The second-order valence-corrected chi connectivity index (χ2v) is 9.03. The third kappa shape index (κ3) is 4.18. The number of alkyl halides is 3. The van der Waals surface area contributed by atoms with Crippen molar-refractivity contribution in [3.8, 4) is 17.0 Å². The maximum absolute atomic E-state index is 14.0. The molecule has 0 fully saturated rings. The summed E-state index contributed by atoms with van der Waals surface area (Å²) in [5, 5.41) is 0.829. The van der Waals surface area contributed by atoms with E-state index in [2.05, 4.69) is 19.9 Å². The van der Waals surface area contributed by atoms with E-state index in [1.54, 1.807) is 6.07 Å². The molecule has 4 heterocycles. The number of hydrogen-bond acceptors (Lipinski definition) is 8. The Hall–Kier alpha value is -3.57. The highest BCUT2D eigenvalue weighted by Crippen LogP contribution is 2.48. The first-order valence-electron chi connectivity index (χ1n) is 10.6. The molecule has 0 amide bonds. The summed E-state index contributed by atoms with van der Waals surface area (Å²) in [4.78, 5) is 18.7. The second kappa shape index (κ2) is 8.82. The summed E-state index contributed by atoms with van der Waals surface area (Å²) in [6.07, 6.45) is -1.92. The van der Waals surface area contributed by atoms with E-state index >= 15 is 0 Å². The van der Waals surface area contributed by atoms with Gasteiger partial charge in [0.15, 0.2) is 5.75 Å². The van der Waals surface area contributed by atoms with Crippen LogP contribution in [0, 0.1) is 6.92 Å². The Bertz CT molecular complexity index is 1510. The lowest BCUT2D eigenvalue weighted by molar-refractivity contribution is -0.137. The molecule has 4 aromatic rings. The van der Waals surface area contributed by atoms with Crippen LogP contribution in [0.5, 0.6) is 5.75 Å². The number of hydrogen-bond donors (Lipinski definition) is 2. The van der Waals surface area contributed by atoms with Crippen LogP contribution in [-0.2, 0) is 12.7 Å². The number of nitrogens with zero attached hydrogens (tertiary/aromatic N) is 5. The molecule has 8 nitrogen and oxygen atoms in total. The zero-order valence-electron chi connectivity index (χ0n) is 18.7. The number of anilines is 3. The topological polar surface area (TPSA) is 116 Å². The van der Waals surface area contributed by atoms with E-state index in [1.807, 2.05) is 4.90 Å². The Kier molecular flexibility index (Phi) is 5.92. The lowest BCUT2D eigenvalue weighted by atomic mass is 9.99. The number of aromatic nitrogens is 4. The number of nitrogens with two attached hydrogens (primary N) is 2. The minimum atomic E-state index is -4.69. The molecular weight excluding hydrogens is 518 g/mol. The van der Waals surface area contributed by atoms with Crippen LogP contribution >= 0.6 is 23.2 Å².